The van der Waals surface area contributed by atoms with E-state index in [1.807, 2.05) is 6.92 Å². The van der Waals surface area contributed by atoms with E-state index < -0.39 is 6.10 Å². The van der Waals surface area contributed by atoms with Gasteiger partial charge in [0, 0.05) is 12.1 Å². The Balaban J connectivity index is 2.75. The van der Waals surface area contributed by atoms with Crippen molar-refractivity contribution in [3.8, 4) is 18.1 Å². The van der Waals surface area contributed by atoms with Gasteiger partial charge in [0.15, 0.2) is 6.10 Å². The molecular formula is C15H19FN2O2. The number of nitrogens with one attached hydrogen (secondary N) is 2. The van der Waals surface area contributed by atoms with E-state index in [4.69, 9.17) is 11.2 Å². The average Bonchev–Trinajstić information content (AvgIpc) is 2.44. The molecule has 0 radical (unpaired) electrons. The molecule has 0 aliphatic rings. The maximum absolute atomic E-state index is 13.3. The van der Waals surface area contributed by atoms with Crippen LogP contribution in [0.4, 0.5) is 4.39 Å². The first-order valence-electron chi connectivity index (χ1n) is 6.45. The van der Waals surface area contributed by atoms with Gasteiger partial charge in [-0.1, -0.05) is 12.8 Å². The molecule has 0 spiro atoms. The Morgan fingerprint density at radius 1 is 1.55 bits per heavy atom. The van der Waals surface area contributed by atoms with E-state index in [2.05, 4.69) is 16.6 Å². The van der Waals surface area contributed by atoms with Crippen LogP contribution in [0.3, 0.4) is 0 Å². The standard InChI is InChI=1S/C15H19FN2O2/c1-4-8-18-15(19)11(3)20-14-7-6-13(16)9-12(14)10-17-5-2/h1,6-7,9,11,17H,5,8,10H2,2-3H3,(H,18,19). The molecule has 0 heterocycles. The van der Waals surface area contributed by atoms with Crippen LogP contribution in [0.25, 0.3) is 0 Å². The summed E-state index contributed by atoms with van der Waals surface area (Å²) in [6.07, 6.45) is 4.37. The van der Waals surface area contributed by atoms with Gasteiger partial charge in [-0.2, -0.15) is 0 Å². The van der Waals surface area contributed by atoms with Crippen molar-refractivity contribution in [1.82, 2.24) is 10.6 Å². The predicted octanol–water partition coefficient (Wildman–Crippen LogP) is 1.45. The van der Waals surface area contributed by atoms with Crippen molar-refractivity contribution in [2.45, 2.75) is 26.5 Å². The SMILES string of the molecule is C#CCNC(=O)C(C)Oc1ccc(F)cc1CNCC. The summed E-state index contributed by atoms with van der Waals surface area (Å²) >= 11 is 0. The van der Waals surface area contributed by atoms with Crippen molar-refractivity contribution >= 4 is 5.91 Å². The number of hydrogen-bond donors (Lipinski definition) is 2. The van der Waals surface area contributed by atoms with Crippen LogP contribution in [0.15, 0.2) is 18.2 Å². The molecule has 2 N–H and O–H groups in total. The molecule has 1 rings (SSSR count). The fourth-order valence-electron chi connectivity index (χ4n) is 1.59. The Hall–Kier alpha value is -2.06. The lowest BCUT2D eigenvalue weighted by molar-refractivity contribution is -0.127. The molecule has 4 nitrogen and oxygen atoms in total. The lowest BCUT2D eigenvalue weighted by atomic mass is 10.2. The first-order chi connectivity index (χ1) is 9.58. The second kappa shape index (κ2) is 8.18. The van der Waals surface area contributed by atoms with Gasteiger partial charge < -0.3 is 15.4 Å². The molecule has 1 aromatic carbocycles. The van der Waals surface area contributed by atoms with Crippen molar-refractivity contribution in [2.75, 3.05) is 13.1 Å². The fourth-order valence-corrected chi connectivity index (χ4v) is 1.59. The van der Waals surface area contributed by atoms with Crippen molar-refractivity contribution in [1.29, 1.82) is 0 Å². The summed E-state index contributed by atoms with van der Waals surface area (Å²) in [5.74, 6) is 2.16. The van der Waals surface area contributed by atoms with E-state index >= 15 is 0 Å². The molecule has 1 atom stereocenters. The molecule has 0 saturated heterocycles. The number of ether oxygens (including phenoxy) is 1. The van der Waals surface area contributed by atoms with E-state index in [1.54, 1.807) is 6.92 Å². The van der Waals surface area contributed by atoms with Gasteiger partial charge in [-0.15, -0.1) is 6.42 Å². The van der Waals surface area contributed by atoms with Crippen LogP contribution in [0.2, 0.25) is 0 Å². The van der Waals surface area contributed by atoms with Crippen LogP contribution >= 0.6 is 0 Å². The zero-order valence-corrected chi connectivity index (χ0v) is 11.7. The second-order valence-corrected chi connectivity index (χ2v) is 4.21. The number of terminal acetylenes is 1. The van der Waals surface area contributed by atoms with Crippen molar-refractivity contribution in [3.63, 3.8) is 0 Å². The average molecular weight is 278 g/mol. The van der Waals surface area contributed by atoms with Gasteiger partial charge in [-0.3, -0.25) is 4.79 Å². The molecule has 108 valence electrons. The van der Waals surface area contributed by atoms with Crippen LogP contribution in [-0.4, -0.2) is 25.1 Å². The molecular weight excluding hydrogens is 259 g/mol. The highest BCUT2D eigenvalue weighted by Gasteiger charge is 2.16. The third kappa shape index (κ3) is 4.90. The van der Waals surface area contributed by atoms with Crippen molar-refractivity contribution < 1.29 is 13.9 Å². The van der Waals surface area contributed by atoms with E-state index in [0.29, 0.717) is 17.9 Å². The van der Waals surface area contributed by atoms with Crippen LogP contribution in [0, 0.1) is 18.2 Å². The van der Waals surface area contributed by atoms with Gasteiger partial charge in [-0.05, 0) is 31.7 Å². The molecule has 0 aromatic heterocycles. The van der Waals surface area contributed by atoms with Gasteiger partial charge in [0.05, 0.1) is 6.54 Å². The number of carbonyl (C=O) groups is 1. The summed E-state index contributed by atoms with van der Waals surface area (Å²) in [7, 11) is 0. The fraction of sp³-hybridized carbons (Fsp3) is 0.400. The summed E-state index contributed by atoms with van der Waals surface area (Å²) in [5, 5.41) is 5.63. The van der Waals surface area contributed by atoms with Crippen LogP contribution in [0.1, 0.15) is 19.4 Å². The maximum atomic E-state index is 13.3. The van der Waals surface area contributed by atoms with Gasteiger partial charge in [0.25, 0.3) is 5.91 Å². The Morgan fingerprint density at radius 3 is 2.95 bits per heavy atom. The van der Waals surface area contributed by atoms with Crippen molar-refractivity contribution in [2.24, 2.45) is 0 Å². The Labute approximate surface area is 118 Å². The largest absolute Gasteiger partial charge is 0.481 e. The Kier molecular flexibility index (Phi) is 6.54. The highest BCUT2D eigenvalue weighted by Crippen LogP contribution is 2.21. The zero-order chi connectivity index (χ0) is 15.0. The third-order valence-electron chi connectivity index (χ3n) is 2.63. The van der Waals surface area contributed by atoms with Crippen LogP contribution in [0.5, 0.6) is 5.75 Å². The molecule has 5 heteroatoms. The number of amides is 1. The number of rotatable bonds is 7. The number of benzene rings is 1. The Bertz CT molecular complexity index is 497. The van der Waals surface area contributed by atoms with Gasteiger partial charge in [0.2, 0.25) is 0 Å². The molecule has 0 fully saturated rings. The zero-order valence-electron chi connectivity index (χ0n) is 11.7. The summed E-state index contributed by atoms with van der Waals surface area (Å²) in [6, 6.07) is 4.22. The Morgan fingerprint density at radius 2 is 2.30 bits per heavy atom. The maximum Gasteiger partial charge on any atom is 0.261 e. The minimum atomic E-state index is -0.700. The lowest BCUT2D eigenvalue weighted by Crippen LogP contribution is -2.36. The second-order valence-electron chi connectivity index (χ2n) is 4.21. The highest BCUT2D eigenvalue weighted by molar-refractivity contribution is 5.80. The van der Waals surface area contributed by atoms with Crippen LogP contribution < -0.4 is 15.4 Å². The predicted molar refractivity (Wildman–Crippen MR) is 75.7 cm³/mol. The molecule has 0 aliphatic heterocycles. The van der Waals surface area contributed by atoms with Crippen molar-refractivity contribution in [3.05, 3.63) is 29.6 Å². The minimum absolute atomic E-state index is 0.153. The molecule has 0 saturated carbocycles. The number of carbonyl (C=O) groups excluding carboxylic acids is 1. The molecule has 1 unspecified atom stereocenters. The van der Waals surface area contributed by atoms with E-state index in [-0.39, 0.29) is 18.3 Å². The number of halogens is 1. The third-order valence-corrected chi connectivity index (χ3v) is 2.63. The number of hydrogen-bond acceptors (Lipinski definition) is 3. The minimum Gasteiger partial charge on any atom is -0.481 e. The highest BCUT2D eigenvalue weighted by atomic mass is 19.1. The normalized spacial score (nSPS) is 11.5. The quantitative estimate of drug-likeness (QED) is 0.742. The van der Waals surface area contributed by atoms with Gasteiger partial charge in [0.1, 0.15) is 11.6 Å². The molecule has 20 heavy (non-hydrogen) atoms. The smallest absolute Gasteiger partial charge is 0.261 e. The molecule has 1 amide bonds. The first-order valence-corrected chi connectivity index (χ1v) is 6.45. The molecule has 0 aliphatic carbocycles. The topological polar surface area (TPSA) is 50.4 Å². The summed E-state index contributed by atoms with van der Waals surface area (Å²) in [6.45, 7) is 4.96. The molecule has 0 bridgehead atoms. The van der Waals surface area contributed by atoms with Crippen LogP contribution in [-0.2, 0) is 11.3 Å². The lowest BCUT2D eigenvalue weighted by Gasteiger charge is -2.17. The van der Waals surface area contributed by atoms with E-state index in [0.717, 1.165) is 6.54 Å². The van der Waals surface area contributed by atoms with E-state index in [1.165, 1.54) is 18.2 Å². The summed E-state index contributed by atoms with van der Waals surface area (Å²) in [4.78, 5) is 11.7. The molecule has 1 aromatic rings. The van der Waals surface area contributed by atoms with Gasteiger partial charge >= 0.3 is 0 Å². The summed E-state index contributed by atoms with van der Waals surface area (Å²) < 4.78 is 18.8. The summed E-state index contributed by atoms with van der Waals surface area (Å²) in [5.41, 5.74) is 0.670. The van der Waals surface area contributed by atoms with Gasteiger partial charge in [-0.25, -0.2) is 4.39 Å². The van der Waals surface area contributed by atoms with E-state index in [9.17, 15) is 9.18 Å². The first kappa shape index (κ1) is 16.0. The monoisotopic (exact) mass is 278 g/mol.